The minimum absolute atomic E-state index is 0.0300. The summed E-state index contributed by atoms with van der Waals surface area (Å²) in [6.45, 7) is 0. The number of thioether (sulfide) groups is 1. The van der Waals surface area contributed by atoms with Crippen molar-refractivity contribution in [1.82, 2.24) is 20.9 Å². The van der Waals surface area contributed by atoms with Crippen LogP contribution in [0.5, 0.6) is 0 Å². The molecule has 1 aromatic heterocycles. The van der Waals surface area contributed by atoms with E-state index in [9.17, 15) is 34.2 Å². The maximum atomic E-state index is 13.4. The van der Waals surface area contributed by atoms with E-state index in [-0.39, 0.29) is 19.3 Å². The highest BCUT2D eigenvalue weighted by atomic mass is 32.2. The molecule has 0 bridgehead atoms. The Kier molecular flexibility index (Phi) is 11.9. The first-order chi connectivity index (χ1) is 20.1. The SMILES string of the molecule is CSCCC(NC(=O)C(Cc1c[nH]c2ccccc12)NC(=O)C(CC(=O)O)NC(=O)C(N)Cc1ccccc1)C(=O)O. The predicted molar refractivity (Wildman–Crippen MR) is 159 cm³/mol. The van der Waals surface area contributed by atoms with Gasteiger partial charge in [0.25, 0.3) is 0 Å². The lowest BCUT2D eigenvalue weighted by molar-refractivity contribution is -0.143. The van der Waals surface area contributed by atoms with Crippen molar-refractivity contribution in [1.29, 1.82) is 0 Å². The number of aliphatic carboxylic acids is 2. The van der Waals surface area contributed by atoms with E-state index in [1.807, 2.05) is 36.6 Å². The summed E-state index contributed by atoms with van der Waals surface area (Å²) in [7, 11) is 0. The Morgan fingerprint density at radius 3 is 2.12 bits per heavy atom. The molecule has 224 valence electrons. The smallest absolute Gasteiger partial charge is 0.326 e. The number of aromatic nitrogens is 1. The highest BCUT2D eigenvalue weighted by Gasteiger charge is 2.32. The van der Waals surface area contributed by atoms with Gasteiger partial charge in [0.05, 0.1) is 12.5 Å². The summed E-state index contributed by atoms with van der Waals surface area (Å²) in [5.41, 5.74) is 8.28. The first-order valence-corrected chi connectivity index (χ1v) is 14.7. The summed E-state index contributed by atoms with van der Waals surface area (Å²) < 4.78 is 0. The zero-order chi connectivity index (χ0) is 30.6. The maximum Gasteiger partial charge on any atom is 0.326 e. The molecule has 4 unspecified atom stereocenters. The summed E-state index contributed by atoms with van der Waals surface area (Å²) in [6.07, 6.45) is 3.02. The molecule has 0 radical (unpaired) electrons. The second kappa shape index (κ2) is 15.6. The first kappa shape index (κ1) is 32.2. The molecular formula is C29H35N5O7S. The van der Waals surface area contributed by atoms with E-state index < -0.39 is 60.2 Å². The standard InChI is InChI=1S/C29H35N5O7S/c1-42-12-11-22(29(40)41)32-27(38)23(14-18-16-31-21-10-6-5-9-19(18)21)34-28(39)24(15-25(35)36)33-26(37)20(30)13-17-7-3-2-4-8-17/h2-10,16,20,22-24,31H,11-15,30H2,1H3,(H,32,38)(H,33,37)(H,34,39)(H,35,36)(H,40,41). The van der Waals surface area contributed by atoms with Gasteiger partial charge in [0.2, 0.25) is 17.7 Å². The normalized spacial score (nSPS) is 13.9. The Morgan fingerprint density at radius 1 is 0.833 bits per heavy atom. The molecule has 0 aliphatic rings. The van der Waals surface area contributed by atoms with Crippen molar-refractivity contribution >= 4 is 52.3 Å². The third-order valence-electron chi connectivity index (χ3n) is 6.60. The summed E-state index contributed by atoms with van der Waals surface area (Å²) in [6, 6.07) is 11.2. The van der Waals surface area contributed by atoms with Crippen LogP contribution in [-0.2, 0) is 36.8 Å². The van der Waals surface area contributed by atoms with Gasteiger partial charge in [0, 0.05) is 23.5 Å². The Labute approximate surface area is 246 Å². The molecular weight excluding hydrogens is 562 g/mol. The van der Waals surface area contributed by atoms with Gasteiger partial charge >= 0.3 is 11.9 Å². The number of nitrogens with two attached hydrogens (primary N) is 1. The number of amides is 3. The largest absolute Gasteiger partial charge is 0.481 e. The number of fused-ring (bicyclic) bond motifs is 1. The van der Waals surface area contributed by atoms with Crippen molar-refractivity contribution in [2.24, 2.45) is 5.73 Å². The third kappa shape index (κ3) is 9.35. The van der Waals surface area contributed by atoms with Crippen LogP contribution in [0.1, 0.15) is 24.0 Å². The van der Waals surface area contributed by atoms with Gasteiger partial charge in [0.15, 0.2) is 0 Å². The monoisotopic (exact) mass is 597 g/mol. The van der Waals surface area contributed by atoms with Crippen LogP contribution in [0.3, 0.4) is 0 Å². The number of hydrogen-bond acceptors (Lipinski definition) is 7. The summed E-state index contributed by atoms with van der Waals surface area (Å²) in [5.74, 6) is -4.52. The molecule has 0 spiro atoms. The van der Waals surface area contributed by atoms with E-state index in [1.54, 1.807) is 30.5 Å². The zero-order valence-corrected chi connectivity index (χ0v) is 23.9. The lowest BCUT2D eigenvalue weighted by Gasteiger charge is -2.24. The topological polar surface area (TPSA) is 204 Å². The molecule has 3 amide bonds. The fraction of sp³-hybridized carbons (Fsp3) is 0.345. The van der Waals surface area contributed by atoms with Crippen molar-refractivity contribution in [3.05, 3.63) is 71.9 Å². The minimum Gasteiger partial charge on any atom is -0.481 e. The van der Waals surface area contributed by atoms with Crippen molar-refractivity contribution in [3.63, 3.8) is 0 Å². The van der Waals surface area contributed by atoms with Crippen molar-refractivity contribution in [3.8, 4) is 0 Å². The molecule has 0 aliphatic heterocycles. The fourth-order valence-electron chi connectivity index (χ4n) is 4.39. The molecule has 3 rings (SSSR count). The van der Waals surface area contributed by atoms with E-state index in [2.05, 4.69) is 20.9 Å². The van der Waals surface area contributed by atoms with Crippen LogP contribution >= 0.6 is 11.8 Å². The number of benzene rings is 2. The van der Waals surface area contributed by atoms with Crippen LogP contribution in [0.25, 0.3) is 10.9 Å². The van der Waals surface area contributed by atoms with Crippen LogP contribution in [0.4, 0.5) is 0 Å². The van der Waals surface area contributed by atoms with E-state index >= 15 is 0 Å². The second-order valence-corrected chi connectivity index (χ2v) is 10.7. The Balaban J connectivity index is 1.81. The van der Waals surface area contributed by atoms with Crippen LogP contribution < -0.4 is 21.7 Å². The number of aromatic amines is 1. The Morgan fingerprint density at radius 2 is 1.45 bits per heavy atom. The Bertz CT molecular complexity index is 1400. The molecule has 42 heavy (non-hydrogen) atoms. The van der Waals surface area contributed by atoms with E-state index in [0.29, 0.717) is 11.3 Å². The molecule has 0 saturated heterocycles. The molecule has 3 aromatic rings. The molecule has 1 heterocycles. The van der Waals surface area contributed by atoms with Crippen molar-refractivity contribution in [2.75, 3.05) is 12.0 Å². The molecule has 2 aromatic carbocycles. The summed E-state index contributed by atoms with van der Waals surface area (Å²) in [4.78, 5) is 66.0. The molecule has 4 atom stereocenters. The molecule has 8 N–H and O–H groups in total. The van der Waals surface area contributed by atoms with E-state index in [4.69, 9.17) is 5.73 Å². The van der Waals surface area contributed by atoms with E-state index in [0.717, 1.165) is 16.5 Å². The second-order valence-electron chi connectivity index (χ2n) is 9.76. The number of carbonyl (C=O) groups is 5. The molecule has 13 heteroatoms. The zero-order valence-electron chi connectivity index (χ0n) is 23.0. The predicted octanol–water partition coefficient (Wildman–Crippen LogP) is 1.05. The number of carboxylic acids is 2. The maximum absolute atomic E-state index is 13.4. The quantitative estimate of drug-likeness (QED) is 0.126. The molecule has 12 nitrogen and oxygen atoms in total. The van der Waals surface area contributed by atoms with Crippen molar-refractivity contribution < 1.29 is 34.2 Å². The number of H-pyrrole nitrogens is 1. The van der Waals surface area contributed by atoms with Gasteiger partial charge in [-0.1, -0.05) is 48.5 Å². The van der Waals surface area contributed by atoms with Gasteiger partial charge in [0.1, 0.15) is 18.1 Å². The lowest BCUT2D eigenvalue weighted by atomic mass is 10.0. The lowest BCUT2D eigenvalue weighted by Crippen LogP contribution is -2.58. The third-order valence-corrected chi connectivity index (χ3v) is 7.25. The summed E-state index contributed by atoms with van der Waals surface area (Å²) >= 11 is 1.42. The van der Waals surface area contributed by atoms with Gasteiger partial charge in [-0.05, 0) is 42.0 Å². The van der Waals surface area contributed by atoms with Gasteiger partial charge < -0.3 is 36.9 Å². The number of carboxylic acid groups (broad SMARTS) is 2. The average Bonchev–Trinajstić information content (AvgIpc) is 3.37. The minimum atomic E-state index is -1.54. The van der Waals surface area contributed by atoms with Crippen molar-refractivity contribution in [2.45, 2.75) is 49.9 Å². The molecule has 0 fully saturated rings. The van der Waals surface area contributed by atoms with Gasteiger partial charge in [-0.25, -0.2) is 4.79 Å². The summed E-state index contributed by atoms with van der Waals surface area (Å²) in [5, 5.41) is 27.3. The average molecular weight is 598 g/mol. The molecule has 0 aliphatic carbocycles. The number of carbonyl (C=O) groups excluding carboxylic acids is 3. The van der Waals surface area contributed by atoms with Gasteiger partial charge in [-0.3, -0.25) is 19.2 Å². The molecule has 0 saturated carbocycles. The van der Waals surface area contributed by atoms with E-state index in [1.165, 1.54) is 11.8 Å². The number of para-hydroxylation sites is 1. The number of rotatable bonds is 16. The van der Waals surface area contributed by atoms with Crippen LogP contribution in [0.15, 0.2) is 60.8 Å². The number of nitrogens with one attached hydrogen (secondary N) is 4. The van der Waals surface area contributed by atoms with Gasteiger partial charge in [-0.15, -0.1) is 0 Å². The first-order valence-electron chi connectivity index (χ1n) is 13.3. The van der Waals surface area contributed by atoms with Crippen LogP contribution in [-0.4, -0.2) is 81.0 Å². The van der Waals surface area contributed by atoms with Crippen LogP contribution in [0, 0.1) is 0 Å². The fourth-order valence-corrected chi connectivity index (χ4v) is 4.86. The number of hydrogen-bond donors (Lipinski definition) is 7. The Hall–Kier alpha value is -4.36. The highest BCUT2D eigenvalue weighted by Crippen LogP contribution is 2.19. The van der Waals surface area contributed by atoms with Gasteiger partial charge in [-0.2, -0.15) is 11.8 Å². The highest BCUT2D eigenvalue weighted by molar-refractivity contribution is 7.98. The van der Waals surface area contributed by atoms with Crippen LogP contribution in [0.2, 0.25) is 0 Å².